The van der Waals surface area contributed by atoms with Crippen molar-refractivity contribution in [1.82, 2.24) is 10.2 Å². The molecule has 2 saturated heterocycles. The van der Waals surface area contributed by atoms with Crippen LogP contribution in [-0.4, -0.2) is 68.2 Å². The van der Waals surface area contributed by atoms with Crippen molar-refractivity contribution < 1.29 is 14.5 Å². The van der Waals surface area contributed by atoms with Gasteiger partial charge in [-0.3, -0.25) is 14.9 Å². The van der Waals surface area contributed by atoms with E-state index in [0.717, 1.165) is 32.0 Å². The van der Waals surface area contributed by atoms with Crippen molar-refractivity contribution in [3.63, 3.8) is 0 Å². The van der Waals surface area contributed by atoms with Gasteiger partial charge in [-0.05, 0) is 56.9 Å². The van der Waals surface area contributed by atoms with Gasteiger partial charge in [0, 0.05) is 31.3 Å². The molecule has 1 aromatic carbocycles. The second-order valence-corrected chi connectivity index (χ2v) is 7.69. The molecule has 2 heterocycles. The van der Waals surface area contributed by atoms with E-state index >= 15 is 0 Å². The summed E-state index contributed by atoms with van der Waals surface area (Å²) in [5, 5.41) is 14.4. The largest absolute Gasteiger partial charge is 0.378 e. The maximum atomic E-state index is 12.4. The first kappa shape index (κ1) is 20.5. The molecule has 0 aliphatic carbocycles. The van der Waals surface area contributed by atoms with Gasteiger partial charge >= 0.3 is 0 Å². The van der Waals surface area contributed by atoms with E-state index in [1.54, 1.807) is 12.1 Å². The number of carbonyl (C=O) groups excluding carboxylic acids is 1. The molecule has 1 aromatic rings. The monoisotopic (exact) mass is 390 g/mol. The fourth-order valence-corrected chi connectivity index (χ4v) is 3.77. The van der Waals surface area contributed by atoms with Crippen LogP contribution in [0.4, 0.5) is 11.4 Å². The summed E-state index contributed by atoms with van der Waals surface area (Å²) in [5.74, 6) is 0.552. The molecule has 0 atom stereocenters. The highest BCUT2D eigenvalue weighted by molar-refractivity contribution is 5.95. The molecule has 1 amide bonds. The summed E-state index contributed by atoms with van der Waals surface area (Å²) < 4.78 is 5.31. The average Bonchev–Trinajstić information content (AvgIpc) is 2.72. The van der Waals surface area contributed by atoms with E-state index < -0.39 is 4.92 Å². The van der Waals surface area contributed by atoms with Crippen LogP contribution in [0.3, 0.4) is 0 Å². The van der Waals surface area contributed by atoms with Crippen LogP contribution in [0.2, 0.25) is 0 Å². The second kappa shape index (κ2) is 9.84. The number of hydrogen-bond acceptors (Lipinski definition) is 6. The molecular weight excluding hydrogens is 360 g/mol. The Bertz CT molecular complexity index is 683. The van der Waals surface area contributed by atoms with Crippen molar-refractivity contribution in [2.75, 3.05) is 57.4 Å². The Morgan fingerprint density at radius 1 is 1.25 bits per heavy atom. The molecule has 2 fully saturated rings. The van der Waals surface area contributed by atoms with Crippen LogP contribution in [0.25, 0.3) is 0 Å². The number of nitro benzene ring substituents is 1. The van der Waals surface area contributed by atoms with Gasteiger partial charge < -0.3 is 19.9 Å². The normalized spacial score (nSPS) is 18.8. The van der Waals surface area contributed by atoms with Crippen LogP contribution >= 0.6 is 0 Å². The van der Waals surface area contributed by atoms with Gasteiger partial charge in [-0.25, -0.2) is 0 Å². The van der Waals surface area contributed by atoms with E-state index in [1.807, 2.05) is 4.90 Å². The van der Waals surface area contributed by atoms with E-state index in [9.17, 15) is 14.9 Å². The van der Waals surface area contributed by atoms with E-state index in [2.05, 4.69) is 17.1 Å². The van der Waals surface area contributed by atoms with Gasteiger partial charge in [0.1, 0.15) is 5.69 Å². The van der Waals surface area contributed by atoms with Gasteiger partial charge in [0.25, 0.3) is 11.6 Å². The number of piperidine rings is 1. The predicted molar refractivity (Wildman–Crippen MR) is 108 cm³/mol. The molecule has 8 heteroatoms. The number of amides is 1. The Kier molecular flexibility index (Phi) is 7.22. The zero-order valence-electron chi connectivity index (χ0n) is 16.6. The third-order valence-corrected chi connectivity index (χ3v) is 5.60. The second-order valence-electron chi connectivity index (χ2n) is 7.69. The summed E-state index contributed by atoms with van der Waals surface area (Å²) >= 11 is 0. The minimum atomic E-state index is -0.418. The summed E-state index contributed by atoms with van der Waals surface area (Å²) in [6, 6.07) is 4.72. The minimum Gasteiger partial charge on any atom is -0.378 e. The van der Waals surface area contributed by atoms with Gasteiger partial charge in [0.15, 0.2) is 0 Å². The zero-order valence-corrected chi connectivity index (χ0v) is 16.6. The van der Waals surface area contributed by atoms with E-state index in [4.69, 9.17) is 4.74 Å². The molecule has 8 nitrogen and oxygen atoms in total. The van der Waals surface area contributed by atoms with Gasteiger partial charge in [-0.1, -0.05) is 6.92 Å². The van der Waals surface area contributed by atoms with Crippen molar-refractivity contribution in [1.29, 1.82) is 0 Å². The highest BCUT2D eigenvalue weighted by Crippen LogP contribution is 2.29. The SMILES string of the molecule is CC1CCN(CCCNC(=O)c2ccc(N3CCOCC3)c([N+](=O)[O-])c2)CC1. The van der Waals surface area contributed by atoms with Gasteiger partial charge in [-0.15, -0.1) is 0 Å². The van der Waals surface area contributed by atoms with Crippen LogP contribution in [0.15, 0.2) is 18.2 Å². The summed E-state index contributed by atoms with van der Waals surface area (Å²) in [6.45, 7) is 8.43. The smallest absolute Gasteiger partial charge is 0.293 e. The summed E-state index contributed by atoms with van der Waals surface area (Å²) in [6.07, 6.45) is 3.37. The summed E-state index contributed by atoms with van der Waals surface area (Å²) in [7, 11) is 0. The molecule has 0 aromatic heterocycles. The molecule has 154 valence electrons. The van der Waals surface area contributed by atoms with Crippen LogP contribution in [0.1, 0.15) is 36.5 Å². The number of nitrogens with zero attached hydrogens (tertiary/aromatic N) is 3. The first-order valence-corrected chi connectivity index (χ1v) is 10.2. The average molecular weight is 390 g/mol. The topological polar surface area (TPSA) is 88.0 Å². The standard InChI is InChI=1S/C20H30N4O4/c1-16-5-9-22(10-6-16)8-2-7-21-20(25)17-3-4-18(19(15-17)24(26)27)23-11-13-28-14-12-23/h3-4,15-16H,2,5-14H2,1H3,(H,21,25). The highest BCUT2D eigenvalue weighted by atomic mass is 16.6. The molecule has 0 bridgehead atoms. The molecule has 2 aliphatic heterocycles. The molecule has 0 saturated carbocycles. The third-order valence-electron chi connectivity index (χ3n) is 5.60. The Labute approximate surface area is 166 Å². The molecule has 28 heavy (non-hydrogen) atoms. The van der Waals surface area contributed by atoms with E-state index in [1.165, 1.54) is 18.9 Å². The Balaban J connectivity index is 1.53. The molecule has 3 rings (SSSR count). The number of nitrogens with one attached hydrogen (secondary N) is 1. The van der Waals surface area contributed by atoms with Crippen molar-refractivity contribution >= 4 is 17.3 Å². The number of benzene rings is 1. The van der Waals surface area contributed by atoms with Gasteiger partial charge in [0.05, 0.1) is 18.1 Å². The number of hydrogen-bond donors (Lipinski definition) is 1. The minimum absolute atomic E-state index is 0.0306. The lowest BCUT2D eigenvalue weighted by molar-refractivity contribution is -0.384. The van der Waals surface area contributed by atoms with Crippen molar-refractivity contribution in [2.24, 2.45) is 5.92 Å². The lowest BCUT2D eigenvalue weighted by Gasteiger charge is -2.30. The number of carbonyl (C=O) groups is 1. The lowest BCUT2D eigenvalue weighted by atomic mass is 9.99. The number of morpholine rings is 1. The number of anilines is 1. The molecule has 0 spiro atoms. The fourth-order valence-electron chi connectivity index (χ4n) is 3.77. The fraction of sp³-hybridized carbons (Fsp3) is 0.650. The van der Waals surface area contributed by atoms with Gasteiger partial charge in [-0.2, -0.15) is 0 Å². The quantitative estimate of drug-likeness (QED) is 0.437. The highest BCUT2D eigenvalue weighted by Gasteiger charge is 2.23. The molecule has 0 unspecified atom stereocenters. The van der Waals surface area contributed by atoms with Crippen LogP contribution in [0, 0.1) is 16.0 Å². The maximum absolute atomic E-state index is 12.4. The third kappa shape index (κ3) is 5.42. The van der Waals surface area contributed by atoms with Crippen molar-refractivity contribution in [2.45, 2.75) is 26.2 Å². The van der Waals surface area contributed by atoms with Crippen LogP contribution in [-0.2, 0) is 4.74 Å². The van der Waals surface area contributed by atoms with E-state index in [-0.39, 0.29) is 11.6 Å². The number of ether oxygens (including phenoxy) is 1. The van der Waals surface area contributed by atoms with Gasteiger partial charge in [0.2, 0.25) is 0 Å². The Morgan fingerprint density at radius 3 is 2.64 bits per heavy atom. The Morgan fingerprint density at radius 2 is 1.96 bits per heavy atom. The molecular formula is C20H30N4O4. The van der Waals surface area contributed by atoms with Crippen LogP contribution < -0.4 is 10.2 Å². The molecule has 0 radical (unpaired) electrons. The zero-order chi connectivity index (χ0) is 19.9. The Hall–Kier alpha value is -2.19. The van der Waals surface area contributed by atoms with Crippen LogP contribution in [0.5, 0.6) is 0 Å². The number of likely N-dealkylation sites (tertiary alicyclic amines) is 1. The van der Waals surface area contributed by atoms with Crippen molar-refractivity contribution in [3.8, 4) is 0 Å². The van der Waals surface area contributed by atoms with E-state index in [0.29, 0.717) is 44.1 Å². The summed E-state index contributed by atoms with van der Waals surface area (Å²) in [4.78, 5) is 27.9. The summed E-state index contributed by atoms with van der Waals surface area (Å²) in [5.41, 5.74) is 0.844. The molecule has 2 aliphatic rings. The molecule has 1 N–H and O–H groups in total. The first-order valence-electron chi connectivity index (χ1n) is 10.2. The first-order chi connectivity index (χ1) is 13.5. The predicted octanol–water partition coefficient (Wildman–Crippen LogP) is 2.28. The number of nitro groups is 1. The maximum Gasteiger partial charge on any atom is 0.293 e. The number of rotatable bonds is 7. The lowest BCUT2D eigenvalue weighted by Crippen LogP contribution is -2.36. The van der Waals surface area contributed by atoms with Crippen molar-refractivity contribution in [3.05, 3.63) is 33.9 Å².